The van der Waals surface area contributed by atoms with Gasteiger partial charge >= 0.3 is 0 Å². The van der Waals surface area contributed by atoms with Crippen LogP contribution in [0, 0.1) is 5.82 Å². The predicted molar refractivity (Wildman–Crippen MR) is 98.3 cm³/mol. The van der Waals surface area contributed by atoms with E-state index < -0.39 is 0 Å². The first kappa shape index (κ1) is 16.7. The summed E-state index contributed by atoms with van der Waals surface area (Å²) in [6.45, 7) is 0.973. The molecular weight excluding hydrogens is 363 g/mol. The maximum absolute atomic E-state index is 13.6. The minimum Gasteiger partial charge on any atom is -0.509 e. The van der Waals surface area contributed by atoms with Gasteiger partial charge in [0.15, 0.2) is 5.65 Å². The predicted octanol–water partition coefficient (Wildman–Crippen LogP) is 2.46. The number of amides is 1. The van der Waals surface area contributed by atoms with Crippen LogP contribution in [-0.4, -0.2) is 48.6 Å². The molecule has 0 bridgehead atoms. The van der Waals surface area contributed by atoms with Gasteiger partial charge in [-0.15, -0.1) is 0 Å². The lowest BCUT2D eigenvalue weighted by Crippen LogP contribution is -2.35. The fourth-order valence-electron chi connectivity index (χ4n) is 3.78. The van der Waals surface area contributed by atoms with Gasteiger partial charge in [0.25, 0.3) is 5.91 Å². The molecule has 8 nitrogen and oxygen atoms in total. The van der Waals surface area contributed by atoms with Crippen molar-refractivity contribution in [1.29, 1.82) is 0 Å². The number of rotatable bonds is 3. The second-order valence-electron chi connectivity index (χ2n) is 6.95. The third kappa shape index (κ3) is 2.67. The summed E-state index contributed by atoms with van der Waals surface area (Å²) in [5.74, 6) is 0.255. The van der Waals surface area contributed by atoms with Crippen LogP contribution in [0.5, 0.6) is 0 Å². The van der Waals surface area contributed by atoms with E-state index in [0.717, 1.165) is 24.9 Å². The Bertz CT molecular complexity index is 1110. The maximum Gasteiger partial charge on any atom is 0.263 e. The topological polar surface area (TPSA) is 86.9 Å². The summed E-state index contributed by atoms with van der Waals surface area (Å²) in [6.07, 6.45) is 9.34. The molecule has 1 fully saturated rings. The number of anilines is 1. The number of carbonyl (C=O) groups excluding carboxylic acids is 1. The molecule has 3 aromatic rings. The highest BCUT2D eigenvalue weighted by molar-refractivity contribution is 6.01. The number of hydrogen-bond donors (Lipinski definition) is 1. The van der Waals surface area contributed by atoms with Gasteiger partial charge in [-0.05, 0) is 30.5 Å². The summed E-state index contributed by atoms with van der Waals surface area (Å²) in [5, 5.41) is 13.5. The van der Waals surface area contributed by atoms with Gasteiger partial charge in [0.2, 0.25) is 0 Å². The first-order valence-electron chi connectivity index (χ1n) is 9.02. The van der Waals surface area contributed by atoms with E-state index in [1.165, 1.54) is 29.6 Å². The van der Waals surface area contributed by atoms with Gasteiger partial charge in [0.1, 0.15) is 23.0 Å². The normalized spacial score (nSPS) is 19.0. The lowest BCUT2D eigenvalue weighted by Gasteiger charge is -2.26. The molecule has 1 amide bonds. The molecule has 28 heavy (non-hydrogen) atoms. The Hall–Kier alpha value is -3.49. The molecule has 0 aliphatic carbocycles. The highest BCUT2D eigenvalue weighted by atomic mass is 19.1. The summed E-state index contributed by atoms with van der Waals surface area (Å²) in [6, 6.07) is 3.33. The van der Waals surface area contributed by atoms with Gasteiger partial charge in [0, 0.05) is 25.1 Å². The number of hydrogen-bond acceptors (Lipinski definition) is 6. The monoisotopic (exact) mass is 380 g/mol. The molecule has 9 heteroatoms. The Morgan fingerprint density at radius 1 is 1.29 bits per heavy atom. The molecule has 1 atom stereocenters. The van der Waals surface area contributed by atoms with Crippen molar-refractivity contribution in [3.63, 3.8) is 0 Å². The van der Waals surface area contributed by atoms with Crippen molar-refractivity contribution in [3.05, 3.63) is 65.8 Å². The molecule has 5 heterocycles. The van der Waals surface area contributed by atoms with Gasteiger partial charge in [-0.1, -0.05) is 0 Å². The molecule has 1 saturated heterocycles. The van der Waals surface area contributed by atoms with E-state index in [4.69, 9.17) is 0 Å². The lowest BCUT2D eigenvalue weighted by molar-refractivity contribution is 0.0776. The average Bonchev–Trinajstić information content (AvgIpc) is 3.31. The quantitative estimate of drug-likeness (QED) is 0.751. The summed E-state index contributed by atoms with van der Waals surface area (Å²) < 4.78 is 15.2. The molecule has 0 radical (unpaired) electrons. The Morgan fingerprint density at radius 2 is 2.14 bits per heavy atom. The van der Waals surface area contributed by atoms with Crippen molar-refractivity contribution < 1.29 is 14.3 Å². The lowest BCUT2D eigenvalue weighted by atomic mass is 10.1. The molecule has 5 rings (SSSR count). The molecule has 142 valence electrons. The van der Waals surface area contributed by atoms with Crippen LogP contribution in [0.3, 0.4) is 0 Å². The first-order valence-corrected chi connectivity index (χ1v) is 9.02. The largest absolute Gasteiger partial charge is 0.509 e. The minimum atomic E-state index is -0.359. The second-order valence-corrected chi connectivity index (χ2v) is 6.95. The van der Waals surface area contributed by atoms with Crippen LogP contribution in [0.15, 0.2) is 48.9 Å². The van der Waals surface area contributed by atoms with Crippen LogP contribution in [0.1, 0.15) is 34.8 Å². The van der Waals surface area contributed by atoms with Crippen LogP contribution in [0.4, 0.5) is 10.2 Å². The summed E-state index contributed by atoms with van der Waals surface area (Å²) in [4.78, 5) is 24.8. The van der Waals surface area contributed by atoms with E-state index in [9.17, 15) is 14.3 Å². The SMILES string of the molecule is O=C(c1cnn2ccc(N3CCC[C@@H]3c3cncc(F)c3)nc12)N1C=C(O)C1. The molecule has 0 unspecified atom stereocenters. The molecule has 2 aliphatic heterocycles. The molecule has 3 aromatic heterocycles. The Kier molecular flexibility index (Phi) is 3.75. The zero-order valence-corrected chi connectivity index (χ0v) is 14.9. The minimum absolute atomic E-state index is 0.0181. The Morgan fingerprint density at radius 3 is 2.93 bits per heavy atom. The molecule has 0 aromatic carbocycles. The van der Waals surface area contributed by atoms with Crippen molar-refractivity contribution in [2.45, 2.75) is 18.9 Å². The Labute approximate surface area is 159 Å². The fraction of sp³-hybridized carbons (Fsp3) is 0.263. The number of halogens is 1. The highest BCUT2D eigenvalue weighted by Crippen LogP contribution is 2.35. The number of aliphatic hydroxyl groups is 1. The smallest absolute Gasteiger partial charge is 0.263 e. The van der Waals surface area contributed by atoms with Gasteiger partial charge in [-0.2, -0.15) is 5.10 Å². The number of nitrogens with zero attached hydrogens (tertiary/aromatic N) is 6. The summed E-state index contributed by atoms with van der Waals surface area (Å²) >= 11 is 0. The Balaban J connectivity index is 1.50. The van der Waals surface area contributed by atoms with Gasteiger partial charge in [-0.25, -0.2) is 13.9 Å². The van der Waals surface area contributed by atoms with Crippen LogP contribution >= 0.6 is 0 Å². The fourth-order valence-corrected chi connectivity index (χ4v) is 3.78. The number of fused-ring (bicyclic) bond motifs is 1. The maximum atomic E-state index is 13.6. The van der Waals surface area contributed by atoms with Crippen molar-refractivity contribution in [2.75, 3.05) is 18.0 Å². The van der Waals surface area contributed by atoms with E-state index in [1.807, 2.05) is 6.07 Å². The van der Waals surface area contributed by atoms with Crippen molar-refractivity contribution >= 4 is 17.4 Å². The molecule has 0 spiro atoms. The van der Waals surface area contributed by atoms with Crippen LogP contribution in [0.2, 0.25) is 0 Å². The van der Waals surface area contributed by atoms with Gasteiger partial charge in [-0.3, -0.25) is 9.78 Å². The number of carbonyl (C=O) groups is 1. The van der Waals surface area contributed by atoms with Crippen LogP contribution in [-0.2, 0) is 0 Å². The summed E-state index contributed by atoms with van der Waals surface area (Å²) in [5.41, 5.74) is 1.63. The number of aliphatic hydroxyl groups excluding tert-OH is 1. The number of aromatic nitrogens is 4. The zero-order valence-electron chi connectivity index (χ0n) is 14.9. The van der Waals surface area contributed by atoms with E-state index in [1.54, 1.807) is 16.9 Å². The van der Waals surface area contributed by atoms with Crippen LogP contribution in [0.25, 0.3) is 5.65 Å². The zero-order chi connectivity index (χ0) is 19.3. The number of pyridine rings is 1. The third-order valence-electron chi connectivity index (χ3n) is 5.14. The third-order valence-corrected chi connectivity index (χ3v) is 5.14. The van der Waals surface area contributed by atoms with Crippen molar-refractivity contribution in [3.8, 4) is 0 Å². The standard InChI is InChI=1S/C19H17FN6O2/c20-13-6-12(7-21-8-13)16-2-1-4-25(16)17-3-5-26-18(23-17)15(9-22-26)19(28)24-10-14(27)11-24/h3,5-10,16,27H,1-2,4,11H2/t16-/m1/s1. The highest BCUT2D eigenvalue weighted by Gasteiger charge is 2.29. The average molecular weight is 380 g/mol. The van der Waals surface area contributed by atoms with Crippen molar-refractivity contribution in [2.24, 2.45) is 0 Å². The van der Waals surface area contributed by atoms with E-state index >= 15 is 0 Å². The second kappa shape index (κ2) is 6.29. The van der Waals surface area contributed by atoms with E-state index in [-0.39, 0.29) is 30.1 Å². The van der Waals surface area contributed by atoms with Gasteiger partial charge in [0.05, 0.1) is 25.0 Å². The first-order chi connectivity index (χ1) is 13.6. The summed E-state index contributed by atoms with van der Waals surface area (Å²) in [7, 11) is 0. The molecule has 1 N–H and O–H groups in total. The molecule has 2 aliphatic rings. The van der Waals surface area contributed by atoms with E-state index in [0.29, 0.717) is 17.0 Å². The molecule has 0 saturated carbocycles. The van der Waals surface area contributed by atoms with Crippen LogP contribution < -0.4 is 4.90 Å². The van der Waals surface area contributed by atoms with E-state index in [2.05, 4.69) is 20.0 Å². The van der Waals surface area contributed by atoms with Crippen molar-refractivity contribution in [1.82, 2.24) is 24.5 Å². The molecular formula is C19H17FN6O2. The van der Waals surface area contributed by atoms with Gasteiger partial charge < -0.3 is 14.9 Å².